The van der Waals surface area contributed by atoms with Crippen molar-refractivity contribution in [1.29, 1.82) is 0 Å². The molecule has 0 spiro atoms. The zero-order valence-corrected chi connectivity index (χ0v) is 41.7. The van der Waals surface area contributed by atoms with Crippen molar-refractivity contribution in [3.63, 3.8) is 0 Å². The Morgan fingerprint density at radius 1 is 0.253 bits per heavy atom. The zero-order valence-electron chi connectivity index (χ0n) is 41.7. The van der Waals surface area contributed by atoms with Gasteiger partial charge in [0.2, 0.25) is 0 Å². The summed E-state index contributed by atoms with van der Waals surface area (Å²) in [5.41, 5.74) is 22.4. The van der Waals surface area contributed by atoms with Crippen LogP contribution in [0.15, 0.2) is 267 Å². The summed E-state index contributed by atoms with van der Waals surface area (Å²) in [5, 5.41) is 0. The van der Waals surface area contributed by atoms with Crippen LogP contribution in [0.4, 0.5) is 0 Å². The van der Waals surface area contributed by atoms with Crippen LogP contribution in [0.5, 0.6) is 0 Å². The van der Waals surface area contributed by atoms with Crippen LogP contribution >= 0.6 is 0 Å². The number of hydrogen-bond acceptors (Lipinski definition) is 4. The molecule has 10 aromatic carbocycles. The third-order valence-corrected chi connectivity index (χ3v) is 14.9. The summed E-state index contributed by atoms with van der Waals surface area (Å²) in [6, 6.07) is 95.6. The van der Waals surface area contributed by atoms with Gasteiger partial charge in [0.1, 0.15) is 0 Å². The molecule has 0 fully saturated rings. The van der Waals surface area contributed by atoms with Crippen molar-refractivity contribution in [3.05, 3.63) is 301 Å². The average molecular weight is 959 g/mol. The highest BCUT2D eigenvalue weighted by molar-refractivity contribution is 5.99. The second-order valence-corrected chi connectivity index (χ2v) is 19.3. The molecule has 2 aromatic heterocycles. The van der Waals surface area contributed by atoms with Crippen molar-refractivity contribution in [2.45, 2.75) is 19.3 Å². The highest BCUT2D eigenvalue weighted by atomic mass is 15.0. The Bertz CT molecular complexity index is 3940. The van der Waals surface area contributed by atoms with Crippen molar-refractivity contribution in [2.24, 2.45) is 0 Å². The zero-order chi connectivity index (χ0) is 50.3. The van der Waals surface area contributed by atoms with Gasteiger partial charge in [0, 0.05) is 33.6 Å². The fourth-order valence-electron chi connectivity index (χ4n) is 11.5. The van der Waals surface area contributed by atoms with Crippen molar-refractivity contribution in [2.75, 3.05) is 0 Å². The summed E-state index contributed by atoms with van der Waals surface area (Å²) in [6.45, 7) is 4.10. The number of pyridine rings is 1. The first kappa shape index (κ1) is 45.2. The van der Waals surface area contributed by atoms with Gasteiger partial charge in [-0.3, -0.25) is 4.98 Å². The molecule has 2 heterocycles. The van der Waals surface area contributed by atoms with Crippen LogP contribution in [-0.2, 0) is 5.41 Å². The van der Waals surface area contributed by atoms with Gasteiger partial charge in [-0.2, -0.15) is 0 Å². The molecule has 0 N–H and O–H groups in total. The molecular formula is C71H50N4. The second kappa shape index (κ2) is 19.1. The van der Waals surface area contributed by atoms with E-state index in [1.54, 1.807) is 0 Å². The Morgan fingerprint density at radius 3 is 1.29 bits per heavy atom. The van der Waals surface area contributed by atoms with Crippen LogP contribution in [-0.4, -0.2) is 19.9 Å². The SMILES string of the molecule is Cc1ccc(-c2ccccc2-c2nc(-c3ccc(-c4c(-c5ccccc5)cc(-c5ccccc5)cc4-c4ccccc4)cc3)nc(-c3cccc4c3-c3ccccc3C4(c3ccccc3)c3ccccc3)n2)c(C)n1. The van der Waals surface area contributed by atoms with Crippen LogP contribution in [0.1, 0.15) is 33.6 Å². The highest BCUT2D eigenvalue weighted by Gasteiger charge is 2.47. The van der Waals surface area contributed by atoms with E-state index in [0.29, 0.717) is 17.5 Å². The van der Waals surface area contributed by atoms with Gasteiger partial charge in [-0.15, -0.1) is 0 Å². The van der Waals surface area contributed by atoms with Gasteiger partial charge in [-0.25, -0.2) is 15.0 Å². The Balaban J connectivity index is 1.03. The molecule has 0 atom stereocenters. The van der Waals surface area contributed by atoms with Gasteiger partial charge in [0.05, 0.1) is 5.41 Å². The predicted octanol–water partition coefficient (Wildman–Crippen LogP) is 17.6. The maximum Gasteiger partial charge on any atom is 0.164 e. The summed E-state index contributed by atoms with van der Waals surface area (Å²) in [4.78, 5) is 21.4. The third kappa shape index (κ3) is 7.96. The summed E-state index contributed by atoms with van der Waals surface area (Å²) < 4.78 is 0. The molecule has 4 nitrogen and oxygen atoms in total. The van der Waals surface area contributed by atoms with Crippen molar-refractivity contribution < 1.29 is 0 Å². The van der Waals surface area contributed by atoms with E-state index < -0.39 is 5.41 Å². The Morgan fingerprint density at radius 2 is 0.707 bits per heavy atom. The van der Waals surface area contributed by atoms with E-state index in [9.17, 15) is 0 Å². The first-order valence-electron chi connectivity index (χ1n) is 25.6. The molecule has 354 valence electrons. The van der Waals surface area contributed by atoms with Gasteiger partial charge < -0.3 is 0 Å². The molecule has 1 aliphatic carbocycles. The van der Waals surface area contributed by atoms with Crippen LogP contribution in [0.2, 0.25) is 0 Å². The molecular weight excluding hydrogens is 909 g/mol. The molecule has 4 heteroatoms. The minimum Gasteiger partial charge on any atom is -0.258 e. The van der Waals surface area contributed by atoms with E-state index in [-0.39, 0.29) is 0 Å². The van der Waals surface area contributed by atoms with Crippen molar-refractivity contribution in [3.8, 4) is 101 Å². The molecule has 0 saturated heterocycles. The second-order valence-electron chi connectivity index (χ2n) is 19.3. The largest absolute Gasteiger partial charge is 0.258 e. The predicted molar refractivity (Wildman–Crippen MR) is 308 cm³/mol. The lowest BCUT2D eigenvalue weighted by Gasteiger charge is -2.33. The van der Waals surface area contributed by atoms with Gasteiger partial charge in [-0.1, -0.05) is 249 Å². The molecule has 0 bridgehead atoms. The summed E-state index contributed by atoms with van der Waals surface area (Å²) in [6.07, 6.45) is 0. The van der Waals surface area contributed by atoms with E-state index in [0.717, 1.165) is 89.3 Å². The Hall–Kier alpha value is -9.64. The maximum atomic E-state index is 5.52. The molecule has 0 amide bonds. The average Bonchev–Trinajstić information content (AvgIpc) is 3.91. The molecule has 13 rings (SSSR count). The third-order valence-electron chi connectivity index (χ3n) is 14.9. The van der Waals surface area contributed by atoms with Gasteiger partial charge >= 0.3 is 0 Å². The summed E-state index contributed by atoms with van der Waals surface area (Å²) in [7, 11) is 0. The van der Waals surface area contributed by atoms with Crippen LogP contribution in [0.3, 0.4) is 0 Å². The van der Waals surface area contributed by atoms with E-state index >= 15 is 0 Å². The number of nitrogens with zero attached hydrogens (tertiary/aromatic N) is 4. The van der Waals surface area contributed by atoms with Gasteiger partial charge in [0.15, 0.2) is 17.5 Å². The number of aryl methyl sites for hydroxylation is 2. The van der Waals surface area contributed by atoms with Crippen molar-refractivity contribution >= 4 is 0 Å². The van der Waals surface area contributed by atoms with Crippen LogP contribution in [0, 0.1) is 13.8 Å². The minimum atomic E-state index is -0.585. The molecule has 0 saturated carbocycles. The molecule has 12 aromatic rings. The fraction of sp³-hybridized carbons (Fsp3) is 0.0423. The number of aromatic nitrogens is 4. The normalized spacial score (nSPS) is 12.2. The summed E-state index contributed by atoms with van der Waals surface area (Å²) in [5.74, 6) is 1.78. The lowest BCUT2D eigenvalue weighted by Crippen LogP contribution is -2.28. The Labute approximate surface area is 438 Å². The van der Waals surface area contributed by atoms with E-state index in [2.05, 4.69) is 274 Å². The molecule has 75 heavy (non-hydrogen) atoms. The van der Waals surface area contributed by atoms with Gasteiger partial charge in [-0.05, 0) is 115 Å². The number of hydrogen-bond donors (Lipinski definition) is 0. The maximum absolute atomic E-state index is 5.52. The standard InChI is InChI=1S/C71H50N4/c1-47-39-44-57(48(2)72-47)58-33-18-19-34-59(58)69-73-68(74-70(75-69)61-36-22-38-65-67(61)60-35-20-21-37-64(60)71(65,55-29-14-6-15-30-55)56-31-16-7-17-32-56)53-42-40-52(41-43-53)66-62(50-25-10-4-11-26-50)45-54(49-23-8-3-9-24-49)46-63(66)51-27-12-5-13-28-51/h3-46H,1-2H3. The topological polar surface area (TPSA) is 51.6 Å². The summed E-state index contributed by atoms with van der Waals surface area (Å²) >= 11 is 0. The van der Waals surface area contributed by atoms with Gasteiger partial charge in [0.25, 0.3) is 0 Å². The van der Waals surface area contributed by atoms with E-state index in [1.165, 1.54) is 27.8 Å². The first-order chi connectivity index (χ1) is 37.0. The first-order valence-corrected chi connectivity index (χ1v) is 25.6. The number of rotatable bonds is 10. The number of benzene rings is 10. The molecule has 0 aliphatic heterocycles. The van der Waals surface area contributed by atoms with Crippen molar-refractivity contribution in [1.82, 2.24) is 19.9 Å². The quantitative estimate of drug-likeness (QED) is 0.137. The highest BCUT2D eigenvalue weighted by Crippen LogP contribution is 2.58. The smallest absolute Gasteiger partial charge is 0.164 e. The molecule has 0 unspecified atom stereocenters. The molecule has 0 radical (unpaired) electrons. The van der Waals surface area contributed by atoms with E-state index in [1.807, 2.05) is 6.92 Å². The minimum absolute atomic E-state index is 0.585. The molecule has 1 aliphatic rings. The van der Waals surface area contributed by atoms with Crippen LogP contribution in [0.25, 0.3) is 101 Å². The lowest BCUT2D eigenvalue weighted by atomic mass is 9.67. The van der Waals surface area contributed by atoms with Crippen LogP contribution < -0.4 is 0 Å². The van der Waals surface area contributed by atoms with E-state index in [4.69, 9.17) is 19.9 Å². The number of fused-ring (bicyclic) bond motifs is 3. The fourth-order valence-corrected chi connectivity index (χ4v) is 11.5. The lowest BCUT2D eigenvalue weighted by molar-refractivity contribution is 0.768. The Kier molecular flexibility index (Phi) is 11.5. The monoisotopic (exact) mass is 958 g/mol.